The van der Waals surface area contributed by atoms with Crippen LogP contribution in [0.1, 0.15) is 35.3 Å². The summed E-state index contributed by atoms with van der Waals surface area (Å²) in [7, 11) is 3.64. The predicted molar refractivity (Wildman–Crippen MR) is 164 cm³/mol. The highest BCUT2D eigenvalue weighted by atomic mass is 35.5. The van der Waals surface area contributed by atoms with Gasteiger partial charge in [0.05, 0.1) is 38.3 Å². The van der Waals surface area contributed by atoms with Crippen LogP contribution in [0.25, 0.3) is 16.6 Å². The number of rotatable bonds is 7. The predicted octanol–water partition coefficient (Wildman–Crippen LogP) is 4.28. The molecule has 0 bridgehead atoms. The van der Waals surface area contributed by atoms with Crippen molar-refractivity contribution in [1.82, 2.24) is 14.5 Å². The van der Waals surface area contributed by atoms with E-state index in [1.807, 2.05) is 19.2 Å². The number of amides is 1. The standard InChI is InChI=1S/C31H30Cl2N4O5/c1-17(2)42-30(40)24(34-28(38)27-22(32)6-5-7-23(27)33)14-18-8-10-20(11-9-18)37-29(39)21-15-19-12-13-35(3)25(19)16-26(21)36(4)31(37)41/h5-11,15-17,24H,12-14H2,1-4H3,(H,34,38)/t24-/m0/s1. The van der Waals surface area contributed by atoms with Crippen molar-refractivity contribution in [1.29, 1.82) is 0 Å². The average molecular weight is 610 g/mol. The Hall–Kier alpha value is -4.08. The maximum absolute atomic E-state index is 13.6. The van der Waals surface area contributed by atoms with Gasteiger partial charge in [-0.3, -0.25) is 14.2 Å². The number of likely N-dealkylation sites (N-methyl/N-ethyl adjacent to an activating group) is 1. The van der Waals surface area contributed by atoms with Gasteiger partial charge in [-0.1, -0.05) is 41.4 Å². The Bertz CT molecular complexity index is 1810. The molecule has 11 heteroatoms. The number of hydrogen-bond acceptors (Lipinski definition) is 6. The van der Waals surface area contributed by atoms with Crippen LogP contribution >= 0.6 is 23.2 Å². The number of esters is 1. The van der Waals surface area contributed by atoms with E-state index >= 15 is 0 Å². The van der Waals surface area contributed by atoms with Gasteiger partial charge < -0.3 is 15.0 Å². The molecular formula is C31H30Cl2N4O5. The Kier molecular flexibility index (Phi) is 8.17. The van der Waals surface area contributed by atoms with Crippen LogP contribution < -0.4 is 21.5 Å². The van der Waals surface area contributed by atoms with Crippen LogP contribution in [0.3, 0.4) is 0 Å². The van der Waals surface area contributed by atoms with Gasteiger partial charge in [0.25, 0.3) is 11.5 Å². The molecule has 0 spiro atoms. The first-order valence-electron chi connectivity index (χ1n) is 13.5. The number of ether oxygens (including phenoxy) is 1. The molecule has 1 amide bonds. The fraction of sp³-hybridized carbons (Fsp3) is 0.290. The van der Waals surface area contributed by atoms with Crippen molar-refractivity contribution in [2.24, 2.45) is 7.05 Å². The van der Waals surface area contributed by atoms with Crippen LogP contribution in [-0.4, -0.2) is 46.7 Å². The van der Waals surface area contributed by atoms with E-state index in [0.717, 1.165) is 28.8 Å². The van der Waals surface area contributed by atoms with Crippen LogP contribution in [0.4, 0.5) is 5.69 Å². The van der Waals surface area contributed by atoms with Gasteiger partial charge in [0, 0.05) is 32.7 Å². The van der Waals surface area contributed by atoms with E-state index in [-0.39, 0.29) is 22.0 Å². The largest absolute Gasteiger partial charge is 0.461 e. The van der Waals surface area contributed by atoms with Gasteiger partial charge in [-0.15, -0.1) is 0 Å². The molecule has 0 saturated heterocycles. The topological polar surface area (TPSA) is 103 Å². The lowest BCUT2D eigenvalue weighted by molar-refractivity contribution is -0.149. The zero-order valence-corrected chi connectivity index (χ0v) is 25.1. The van der Waals surface area contributed by atoms with Crippen LogP contribution in [0.5, 0.6) is 0 Å². The minimum Gasteiger partial charge on any atom is -0.461 e. The molecule has 1 aliphatic heterocycles. The summed E-state index contributed by atoms with van der Waals surface area (Å²) in [5.74, 6) is -1.24. The van der Waals surface area contributed by atoms with E-state index < -0.39 is 35.3 Å². The number of aromatic nitrogens is 2. The lowest BCUT2D eigenvalue weighted by atomic mass is 10.0. The third-order valence-corrected chi connectivity index (χ3v) is 7.99. The van der Waals surface area contributed by atoms with E-state index in [9.17, 15) is 19.2 Å². The second-order valence-corrected chi connectivity index (χ2v) is 11.4. The van der Waals surface area contributed by atoms with Gasteiger partial charge in [-0.05, 0) is 67.8 Å². The first-order valence-corrected chi connectivity index (χ1v) is 14.3. The van der Waals surface area contributed by atoms with Crippen molar-refractivity contribution in [3.05, 3.63) is 102 Å². The molecule has 0 aliphatic carbocycles. The third-order valence-electron chi connectivity index (χ3n) is 7.36. The van der Waals surface area contributed by atoms with Crippen molar-refractivity contribution in [2.75, 3.05) is 18.5 Å². The summed E-state index contributed by atoms with van der Waals surface area (Å²) in [6, 6.07) is 14.1. The Balaban J connectivity index is 1.46. The summed E-state index contributed by atoms with van der Waals surface area (Å²) >= 11 is 12.4. The van der Waals surface area contributed by atoms with Gasteiger partial charge >= 0.3 is 11.7 Å². The molecule has 0 fully saturated rings. The van der Waals surface area contributed by atoms with Crippen LogP contribution in [0.2, 0.25) is 10.0 Å². The highest BCUT2D eigenvalue weighted by Gasteiger charge is 2.27. The second kappa shape index (κ2) is 11.7. The van der Waals surface area contributed by atoms with E-state index in [2.05, 4.69) is 10.2 Å². The van der Waals surface area contributed by atoms with Gasteiger partial charge in [0.2, 0.25) is 0 Å². The van der Waals surface area contributed by atoms with Crippen LogP contribution in [0, 0.1) is 0 Å². The molecule has 1 aromatic heterocycles. The number of anilines is 1. The average Bonchev–Trinajstić information content (AvgIpc) is 3.30. The molecule has 0 saturated carbocycles. The lowest BCUT2D eigenvalue weighted by Crippen LogP contribution is -2.44. The van der Waals surface area contributed by atoms with Crippen molar-refractivity contribution in [3.8, 4) is 5.69 Å². The molecule has 1 atom stereocenters. The maximum atomic E-state index is 13.6. The van der Waals surface area contributed by atoms with Crippen molar-refractivity contribution >= 4 is 51.7 Å². The molecule has 1 aliphatic rings. The smallest absolute Gasteiger partial charge is 0.335 e. The van der Waals surface area contributed by atoms with Gasteiger partial charge in [0.15, 0.2) is 0 Å². The highest BCUT2D eigenvalue weighted by molar-refractivity contribution is 6.39. The molecule has 42 heavy (non-hydrogen) atoms. The number of fused-ring (bicyclic) bond motifs is 2. The summed E-state index contributed by atoms with van der Waals surface area (Å²) in [5.41, 5.74) is 2.91. The lowest BCUT2D eigenvalue weighted by Gasteiger charge is -2.20. The van der Waals surface area contributed by atoms with Crippen LogP contribution in [0.15, 0.2) is 64.2 Å². The normalized spacial score (nSPS) is 13.4. The minimum atomic E-state index is -1.05. The summed E-state index contributed by atoms with van der Waals surface area (Å²) < 4.78 is 8.00. The van der Waals surface area contributed by atoms with E-state index in [1.165, 1.54) is 16.7 Å². The van der Waals surface area contributed by atoms with E-state index in [0.29, 0.717) is 22.2 Å². The summed E-state index contributed by atoms with van der Waals surface area (Å²) in [6.07, 6.45) is 0.517. The first kappa shape index (κ1) is 29.4. The quantitative estimate of drug-likeness (QED) is 0.314. The Labute approximate surface area is 252 Å². The molecule has 9 nitrogen and oxygen atoms in total. The van der Waals surface area contributed by atoms with E-state index in [1.54, 1.807) is 51.2 Å². The molecule has 218 valence electrons. The van der Waals surface area contributed by atoms with Crippen molar-refractivity contribution in [3.63, 3.8) is 0 Å². The van der Waals surface area contributed by atoms with Crippen molar-refractivity contribution < 1.29 is 14.3 Å². The zero-order valence-electron chi connectivity index (χ0n) is 23.6. The monoisotopic (exact) mass is 608 g/mol. The minimum absolute atomic E-state index is 0.0577. The summed E-state index contributed by atoms with van der Waals surface area (Å²) in [4.78, 5) is 55.0. The third kappa shape index (κ3) is 5.54. The number of benzene rings is 3. The molecule has 0 unspecified atom stereocenters. The molecule has 1 N–H and O–H groups in total. The number of halogens is 2. The Morgan fingerprint density at radius 2 is 1.67 bits per heavy atom. The molecular weight excluding hydrogens is 579 g/mol. The number of aryl methyl sites for hydroxylation is 1. The number of carbonyl (C=O) groups is 2. The fourth-order valence-electron chi connectivity index (χ4n) is 5.19. The highest BCUT2D eigenvalue weighted by Crippen LogP contribution is 2.30. The number of nitrogens with one attached hydrogen (secondary N) is 1. The van der Waals surface area contributed by atoms with Gasteiger partial charge in [-0.2, -0.15) is 0 Å². The zero-order chi connectivity index (χ0) is 30.3. The Morgan fingerprint density at radius 1 is 1.00 bits per heavy atom. The molecule has 4 aromatic rings. The molecule has 3 aromatic carbocycles. The number of hydrogen-bond donors (Lipinski definition) is 1. The Morgan fingerprint density at radius 3 is 2.31 bits per heavy atom. The summed E-state index contributed by atoms with van der Waals surface area (Å²) in [6.45, 7) is 4.28. The number of nitrogens with zero attached hydrogens (tertiary/aromatic N) is 3. The van der Waals surface area contributed by atoms with Gasteiger partial charge in [-0.25, -0.2) is 14.2 Å². The summed E-state index contributed by atoms with van der Waals surface area (Å²) in [5, 5.41) is 3.46. The van der Waals surface area contributed by atoms with Crippen LogP contribution in [-0.2, 0) is 29.4 Å². The molecule has 0 radical (unpaired) electrons. The molecule has 2 heterocycles. The fourth-order valence-corrected chi connectivity index (χ4v) is 5.76. The SMILES string of the molecule is CC(C)OC(=O)[C@H](Cc1ccc(-n2c(=O)c3cc4c(cc3n(C)c2=O)N(C)CC4)cc1)NC(=O)c1c(Cl)cccc1Cl. The maximum Gasteiger partial charge on any atom is 0.335 e. The second-order valence-electron chi connectivity index (χ2n) is 10.6. The van der Waals surface area contributed by atoms with Gasteiger partial charge in [0.1, 0.15) is 6.04 Å². The molecule has 5 rings (SSSR count). The van der Waals surface area contributed by atoms with E-state index in [4.69, 9.17) is 27.9 Å². The van der Waals surface area contributed by atoms with Crippen molar-refractivity contribution in [2.45, 2.75) is 38.8 Å². The first-order chi connectivity index (χ1) is 20.0. The number of carbonyl (C=O) groups excluding carboxylic acids is 2.